The lowest BCUT2D eigenvalue weighted by Gasteiger charge is -2.23. The number of benzene rings is 1. The van der Waals surface area contributed by atoms with Gasteiger partial charge in [0, 0.05) is 25.8 Å². The molecule has 1 N–H and O–H groups in total. The Morgan fingerprint density at radius 1 is 1.45 bits per heavy atom. The largest absolute Gasteiger partial charge is 0.381 e. The zero-order valence-corrected chi connectivity index (χ0v) is 11.6. The van der Waals surface area contributed by atoms with Crippen LogP contribution in [0, 0.1) is 11.6 Å². The van der Waals surface area contributed by atoms with Crippen LogP contribution in [-0.2, 0) is 4.74 Å². The molecule has 1 atom stereocenters. The minimum absolute atomic E-state index is 0.0102. The molecule has 1 aliphatic heterocycles. The Morgan fingerprint density at radius 2 is 2.10 bits per heavy atom. The summed E-state index contributed by atoms with van der Waals surface area (Å²) in [5.74, 6) is -1.92. The molecule has 20 heavy (non-hydrogen) atoms. The highest BCUT2D eigenvalue weighted by Crippen LogP contribution is 2.22. The molecule has 1 amide bonds. The van der Waals surface area contributed by atoms with E-state index in [4.69, 9.17) is 4.74 Å². The van der Waals surface area contributed by atoms with Crippen LogP contribution < -0.4 is 5.32 Å². The molecule has 1 unspecified atom stereocenters. The van der Waals surface area contributed by atoms with E-state index in [0.717, 1.165) is 18.6 Å². The van der Waals surface area contributed by atoms with Crippen molar-refractivity contribution in [1.82, 2.24) is 4.90 Å². The van der Waals surface area contributed by atoms with E-state index in [1.165, 1.54) is 4.90 Å². The smallest absolute Gasteiger partial charge is 0.254 e. The van der Waals surface area contributed by atoms with Gasteiger partial charge in [-0.15, -0.1) is 0 Å². The maximum Gasteiger partial charge on any atom is 0.254 e. The predicted molar refractivity (Wildman–Crippen MR) is 71.8 cm³/mol. The first-order valence-electron chi connectivity index (χ1n) is 6.62. The SMILES string of the molecule is CCNc1c(F)cc(C(=O)N(C)C2CCOC2)cc1F. The standard InChI is InChI=1S/C14H18F2N2O2/c1-3-17-13-11(15)6-9(7-12(13)16)14(19)18(2)10-4-5-20-8-10/h6-7,10,17H,3-5,8H2,1-2H3. The van der Waals surface area contributed by atoms with Crippen LogP contribution in [0.2, 0.25) is 0 Å². The number of rotatable bonds is 4. The third kappa shape index (κ3) is 2.90. The lowest BCUT2D eigenvalue weighted by molar-refractivity contribution is 0.0710. The summed E-state index contributed by atoms with van der Waals surface area (Å²) < 4.78 is 32.8. The van der Waals surface area contributed by atoms with Crippen LogP contribution in [0.1, 0.15) is 23.7 Å². The van der Waals surface area contributed by atoms with E-state index in [0.29, 0.717) is 19.8 Å². The topological polar surface area (TPSA) is 41.6 Å². The van der Waals surface area contributed by atoms with Gasteiger partial charge >= 0.3 is 0 Å². The molecule has 0 spiro atoms. The number of anilines is 1. The second-order valence-corrected chi connectivity index (χ2v) is 4.78. The van der Waals surface area contributed by atoms with Crippen molar-refractivity contribution in [2.45, 2.75) is 19.4 Å². The lowest BCUT2D eigenvalue weighted by Crippen LogP contribution is -2.37. The molecule has 1 aromatic carbocycles. The molecular formula is C14H18F2N2O2. The summed E-state index contributed by atoms with van der Waals surface area (Å²) in [7, 11) is 1.62. The highest BCUT2D eigenvalue weighted by molar-refractivity contribution is 5.94. The summed E-state index contributed by atoms with van der Waals surface area (Å²) >= 11 is 0. The molecule has 1 fully saturated rings. The van der Waals surface area contributed by atoms with Crippen LogP contribution in [0.4, 0.5) is 14.5 Å². The Hall–Kier alpha value is -1.69. The number of carbonyl (C=O) groups is 1. The molecule has 2 rings (SSSR count). The third-order valence-electron chi connectivity index (χ3n) is 3.42. The average molecular weight is 284 g/mol. The summed E-state index contributed by atoms with van der Waals surface area (Å²) in [5.41, 5.74) is -0.188. The minimum atomic E-state index is -0.758. The van der Waals surface area contributed by atoms with Gasteiger partial charge in [0.25, 0.3) is 5.91 Å². The first-order chi connectivity index (χ1) is 9.54. The van der Waals surface area contributed by atoms with Crippen LogP contribution in [0.5, 0.6) is 0 Å². The van der Waals surface area contributed by atoms with Gasteiger partial charge in [0.15, 0.2) is 0 Å². The summed E-state index contributed by atoms with van der Waals surface area (Å²) in [5, 5.41) is 2.60. The van der Waals surface area contributed by atoms with Crippen LogP contribution in [0.15, 0.2) is 12.1 Å². The number of hydrogen-bond donors (Lipinski definition) is 1. The molecule has 6 heteroatoms. The van der Waals surface area contributed by atoms with Gasteiger partial charge in [-0.05, 0) is 25.5 Å². The van der Waals surface area contributed by atoms with Crippen molar-refractivity contribution in [3.05, 3.63) is 29.3 Å². The van der Waals surface area contributed by atoms with Gasteiger partial charge in [0.1, 0.15) is 17.3 Å². The van der Waals surface area contributed by atoms with Crippen LogP contribution >= 0.6 is 0 Å². The van der Waals surface area contributed by atoms with Crippen molar-refractivity contribution < 1.29 is 18.3 Å². The molecule has 1 aromatic rings. The van der Waals surface area contributed by atoms with Gasteiger partial charge in [-0.3, -0.25) is 4.79 Å². The lowest BCUT2D eigenvalue weighted by atomic mass is 10.1. The normalized spacial score (nSPS) is 18.1. The fraction of sp³-hybridized carbons (Fsp3) is 0.500. The van der Waals surface area contributed by atoms with Gasteiger partial charge in [-0.2, -0.15) is 0 Å². The average Bonchev–Trinajstić information content (AvgIpc) is 2.95. The second kappa shape index (κ2) is 6.17. The molecule has 1 aliphatic rings. The Labute approximate surface area is 116 Å². The quantitative estimate of drug-likeness (QED) is 0.922. The van der Waals surface area contributed by atoms with E-state index in [2.05, 4.69) is 5.32 Å². The van der Waals surface area contributed by atoms with E-state index >= 15 is 0 Å². The van der Waals surface area contributed by atoms with E-state index in [-0.39, 0.29) is 17.3 Å². The van der Waals surface area contributed by atoms with Crippen molar-refractivity contribution >= 4 is 11.6 Å². The molecule has 1 heterocycles. The van der Waals surface area contributed by atoms with Gasteiger partial charge in [-0.25, -0.2) is 8.78 Å². The molecular weight excluding hydrogens is 266 g/mol. The van der Waals surface area contributed by atoms with E-state index in [1.54, 1.807) is 14.0 Å². The zero-order valence-electron chi connectivity index (χ0n) is 11.6. The van der Waals surface area contributed by atoms with Gasteiger partial charge in [0.2, 0.25) is 0 Å². The number of carbonyl (C=O) groups excluding carboxylic acids is 1. The number of nitrogens with zero attached hydrogens (tertiary/aromatic N) is 1. The second-order valence-electron chi connectivity index (χ2n) is 4.78. The molecule has 110 valence electrons. The Kier molecular flexibility index (Phi) is 4.54. The van der Waals surface area contributed by atoms with Gasteiger partial charge < -0.3 is 15.0 Å². The maximum absolute atomic E-state index is 13.8. The Morgan fingerprint density at radius 3 is 2.60 bits per heavy atom. The molecule has 4 nitrogen and oxygen atoms in total. The third-order valence-corrected chi connectivity index (χ3v) is 3.42. The van der Waals surface area contributed by atoms with Crippen molar-refractivity contribution in [1.29, 1.82) is 0 Å². The minimum Gasteiger partial charge on any atom is -0.381 e. The monoisotopic (exact) mass is 284 g/mol. The number of halogens is 2. The Bertz CT molecular complexity index is 479. The summed E-state index contributed by atoms with van der Waals surface area (Å²) in [6, 6.07) is 2.09. The van der Waals surface area contributed by atoms with E-state index < -0.39 is 17.5 Å². The summed E-state index contributed by atoms with van der Waals surface area (Å²) in [4.78, 5) is 13.7. The molecule has 0 aromatic heterocycles. The maximum atomic E-state index is 13.8. The first kappa shape index (κ1) is 14.7. The molecule has 1 saturated heterocycles. The number of hydrogen-bond acceptors (Lipinski definition) is 3. The van der Waals surface area contributed by atoms with Crippen LogP contribution in [0.3, 0.4) is 0 Å². The van der Waals surface area contributed by atoms with Crippen molar-refractivity contribution in [3.8, 4) is 0 Å². The Balaban J connectivity index is 2.21. The molecule has 0 bridgehead atoms. The highest BCUT2D eigenvalue weighted by Gasteiger charge is 2.26. The van der Waals surface area contributed by atoms with Gasteiger partial charge in [0.05, 0.1) is 12.6 Å². The fourth-order valence-corrected chi connectivity index (χ4v) is 2.24. The highest BCUT2D eigenvalue weighted by atomic mass is 19.1. The van der Waals surface area contributed by atoms with Gasteiger partial charge in [-0.1, -0.05) is 0 Å². The number of nitrogens with one attached hydrogen (secondary N) is 1. The molecule has 0 saturated carbocycles. The van der Waals surface area contributed by atoms with Crippen molar-refractivity contribution in [2.75, 3.05) is 32.1 Å². The fourth-order valence-electron chi connectivity index (χ4n) is 2.24. The predicted octanol–water partition coefficient (Wildman–Crippen LogP) is 2.26. The van der Waals surface area contributed by atoms with Crippen LogP contribution in [-0.4, -0.2) is 43.7 Å². The molecule has 0 aliphatic carbocycles. The van der Waals surface area contributed by atoms with Crippen molar-refractivity contribution in [3.63, 3.8) is 0 Å². The number of ether oxygens (including phenoxy) is 1. The zero-order chi connectivity index (χ0) is 14.7. The summed E-state index contributed by atoms with van der Waals surface area (Å²) in [6.07, 6.45) is 0.739. The van der Waals surface area contributed by atoms with Crippen LogP contribution in [0.25, 0.3) is 0 Å². The molecule has 0 radical (unpaired) electrons. The number of likely N-dealkylation sites (N-methyl/N-ethyl adjacent to an activating group) is 1. The van der Waals surface area contributed by atoms with E-state index in [1.807, 2.05) is 0 Å². The number of amides is 1. The van der Waals surface area contributed by atoms with E-state index in [9.17, 15) is 13.6 Å². The summed E-state index contributed by atoms with van der Waals surface area (Å²) in [6.45, 7) is 3.21. The van der Waals surface area contributed by atoms with Crippen molar-refractivity contribution in [2.24, 2.45) is 0 Å². The first-order valence-corrected chi connectivity index (χ1v) is 6.62.